The summed E-state index contributed by atoms with van der Waals surface area (Å²) in [4.78, 5) is 11.5. The lowest BCUT2D eigenvalue weighted by Gasteiger charge is -2.31. The number of esters is 1. The molecule has 0 bridgehead atoms. The van der Waals surface area contributed by atoms with Crippen molar-refractivity contribution in [3.8, 4) is 0 Å². The molecule has 3 heteroatoms. The van der Waals surface area contributed by atoms with Gasteiger partial charge in [0.15, 0.2) is 0 Å². The lowest BCUT2D eigenvalue weighted by Crippen LogP contribution is -2.41. The standard InChI is InChI=1S/C11H21NO2/c1-8(2)6-9-4-5-12-7-10(9)11(13)14-3/h8-10,12H,4-7H2,1-3H3/t9-,10-/m0/s1. The van der Waals surface area contributed by atoms with Crippen molar-refractivity contribution in [1.82, 2.24) is 5.32 Å². The van der Waals surface area contributed by atoms with Crippen molar-refractivity contribution >= 4 is 5.97 Å². The molecular formula is C11H21NO2. The average Bonchev–Trinajstić information content (AvgIpc) is 2.16. The maximum absolute atomic E-state index is 11.5. The number of rotatable bonds is 3. The molecule has 1 saturated heterocycles. The fourth-order valence-corrected chi connectivity index (χ4v) is 2.23. The molecule has 0 aromatic rings. The van der Waals surface area contributed by atoms with E-state index in [2.05, 4.69) is 19.2 Å². The highest BCUT2D eigenvalue weighted by molar-refractivity contribution is 5.73. The molecule has 0 unspecified atom stereocenters. The van der Waals surface area contributed by atoms with Crippen LogP contribution in [0.25, 0.3) is 0 Å². The minimum atomic E-state index is -0.0529. The fraction of sp³-hybridized carbons (Fsp3) is 0.909. The molecule has 0 amide bonds. The van der Waals surface area contributed by atoms with Crippen LogP contribution in [0.3, 0.4) is 0 Å². The van der Waals surface area contributed by atoms with E-state index in [4.69, 9.17) is 4.74 Å². The van der Waals surface area contributed by atoms with Crippen molar-refractivity contribution in [3.63, 3.8) is 0 Å². The monoisotopic (exact) mass is 199 g/mol. The number of carbonyl (C=O) groups excluding carboxylic acids is 1. The van der Waals surface area contributed by atoms with Gasteiger partial charge in [-0.15, -0.1) is 0 Å². The van der Waals surface area contributed by atoms with E-state index in [1.165, 1.54) is 7.11 Å². The Morgan fingerprint density at radius 2 is 2.29 bits per heavy atom. The number of methoxy groups -OCH3 is 1. The molecule has 1 rings (SSSR count). The first-order valence-electron chi connectivity index (χ1n) is 5.43. The van der Waals surface area contributed by atoms with Gasteiger partial charge in [-0.3, -0.25) is 4.79 Å². The molecule has 0 aromatic heterocycles. The zero-order chi connectivity index (χ0) is 10.6. The topological polar surface area (TPSA) is 38.3 Å². The maximum atomic E-state index is 11.5. The van der Waals surface area contributed by atoms with Gasteiger partial charge in [-0.25, -0.2) is 0 Å². The molecule has 3 nitrogen and oxygen atoms in total. The summed E-state index contributed by atoms with van der Waals surface area (Å²) in [6.07, 6.45) is 2.22. The zero-order valence-electron chi connectivity index (χ0n) is 9.38. The first kappa shape index (κ1) is 11.5. The molecule has 82 valence electrons. The Morgan fingerprint density at radius 1 is 1.57 bits per heavy atom. The molecule has 2 atom stereocenters. The van der Waals surface area contributed by atoms with E-state index in [0.717, 1.165) is 25.9 Å². The lowest BCUT2D eigenvalue weighted by atomic mass is 9.81. The lowest BCUT2D eigenvalue weighted by molar-refractivity contribution is -0.148. The molecule has 1 fully saturated rings. The normalized spacial score (nSPS) is 27.7. The molecular weight excluding hydrogens is 178 g/mol. The van der Waals surface area contributed by atoms with Crippen LogP contribution < -0.4 is 5.32 Å². The third kappa shape index (κ3) is 2.98. The Labute approximate surface area is 86.2 Å². The van der Waals surface area contributed by atoms with Gasteiger partial charge in [0, 0.05) is 6.54 Å². The van der Waals surface area contributed by atoms with E-state index in [1.54, 1.807) is 0 Å². The van der Waals surface area contributed by atoms with Crippen LogP contribution in [0.4, 0.5) is 0 Å². The highest BCUT2D eigenvalue weighted by Gasteiger charge is 2.31. The van der Waals surface area contributed by atoms with Gasteiger partial charge >= 0.3 is 5.97 Å². The van der Waals surface area contributed by atoms with E-state index in [9.17, 15) is 4.79 Å². The van der Waals surface area contributed by atoms with Gasteiger partial charge in [0.25, 0.3) is 0 Å². The fourth-order valence-electron chi connectivity index (χ4n) is 2.23. The van der Waals surface area contributed by atoms with Gasteiger partial charge in [0.05, 0.1) is 13.0 Å². The summed E-state index contributed by atoms with van der Waals surface area (Å²) in [5, 5.41) is 3.25. The van der Waals surface area contributed by atoms with Crippen LogP contribution in [0.2, 0.25) is 0 Å². The third-order valence-corrected chi connectivity index (χ3v) is 2.90. The Bertz CT molecular complexity index is 192. The van der Waals surface area contributed by atoms with Crippen LogP contribution >= 0.6 is 0 Å². The predicted octanol–water partition coefficient (Wildman–Crippen LogP) is 1.43. The van der Waals surface area contributed by atoms with Crippen LogP contribution in [0.5, 0.6) is 0 Å². The Balaban J connectivity index is 2.54. The van der Waals surface area contributed by atoms with Crippen molar-refractivity contribution < 1.29 is 9.53 Å². The van der Waals surface area contributed by atoms with E-state index < -0.39 is 0 Å². The molecule has 0 saturated carbocycles. The summed E-state index contributed by atoms with van der Waals surface area (Å²) < 4.78 is 4.82. The first-order chi connectivity index (χ1) is 6.65. The van der Waals surface area contributed by atoms with Crippen LogP contribution in [0.15, 0.2) is 0 Å². The zero-order valence-corrected chi connectivity index (χ0v) is 9.38. The van der Waals surface area contributed by atoms with Crippen molar-refractivity contribution in [1.29, 1.82) is 0 Å². The van der Waals surface area contributed by atoms with E-state index in [1.807, 2.05) is 0 Å². The molecule has 1 aliphatic heterocycles. The number of piperidine rings is 1. The molecule has 14 heavy (non-hydrogen) atoms. The SMILES string of the molecule is COC(=O)[C@H]1CNCC[C@H]1CC(C)C. The minimum Gasteiger partial charge on any atom is -0.469 e. The van der Waals surface area contributed by atoms with Crippen molar-refractivity contribution in [2.24, 2.45) is 17.8 Å². The second kappa shape index (κ2) is 5.35. The summed E-state index contributed by atoms with van der Waals surface area (Å²) in [5.41, 5.74) is 0. The first-order valence-corrected chi connectivity index (χ1v) is 5.43. The van der Waals surface area contributed by atoms with Gasteiger partial charge in [0.2, 0.25) is 0 Å². The number of nitrogens with one attached hydrogen (secondary N) is 1. The van der Waals surface area contributed by atoms with Gasteiger partial charge in [0.1, 0.15) is 0 Å². The summed E-state index contributed by atoms with van der Waals surface area (Å²) in [6, 6.07) is 0. The molecule has 0 aliphatic carbocycles. The Morgan fingerprint density at radius 3 is 2.86 bits per heavy atom. The summed E-state index contributed by atoms with van der Waals surface area (Å²) in [6.45, 7) is 6.22. The highest BCUT2D eigenvalue weighted by atomic mass is 16.5. The average molecular weight is 199 g/mol. The molecule has 0 aromatic carbocycles. The van der Waals surface area contributed by atoms with E-state index in [0.29, 0.717) is 11.8 Å². The van der Waals surface area contributed by atoms with E-state index >= 15 is 0 Å². The summed E-state index contributed by atoms with van der Waals surface area (Å²) in [7, 11) is 1.48. The van der Waals surface area contributed by atoms with Crippen LogP contribution in [0, 0.1) is 17.8 Å². The van der Waals surface area contributed by atoms with Gasteiger partial charge in [-0.2, -0.15) is 0 Å². The smallest absolute Gasteiger partial charge is 0.310 e. The molecule has 1 heterocycles. The van der Waals surface area contributed by atoms with Crippen LogP contribution in [0.1, 0.15) is 26.7 Å². The second-order valence-electron chi connectivity index (χ2n) is 4.51. The van der Waals surface area contributed by atoms with Crippen molar-refractivity contribution in [2.75, 3.05) is 20.2 Å². The molecule has 1 aliphatic rings. The van der Waals surface area contributed by atoms with Crippen molar-refractivity contribution in [3.05, 3.63) is 0 Å². The summed E-state index contributed by atoms with van der Waals surface area (Å²) >= 11 is 0. The number of hydrogen-bond donors (Lipinski definition) is 1. The predicted molar refractivity (Wildman–Crippen MR) is 55.9 cm³/mol. The number of carbonyl (C=O) groups is 1. The van der Waals surface area contributed by atoms with Gasteiger partial charge < -0.3 is 10.1 Å². The molecule has 1 N–H and O–H groups in total. The number of ether oxygens (including phenoxy) is 1. The van der Waals surface area contributed by atoms with Gasteiger partial charge in [-0.05, 0) is 31.2 Å². The largest absolute Gasteiger partial charge is 0.469 e. The molecule has 0 radical (unpaired) electrons. The minimum absolute atomic E-state index is 0.0529. The van der Waals surface area contributed by atoms with E-state index in [-0.39, 0.29) is 11.9 Å². The van der Waals surface area contributed by atoms with Crippen LogP contribution in [-0.2, 0) is 9.53 Å². The van der Waals surface area contributed by atoms with Crippen LogP contribution in [-0.4, -0.2) is 26.2 Å². The Hall–Kier alpha value is -0.570. The summed E-state index contributed by atoms with van der Waals surface area (Å²) in [5.74, 6) is 1.17. The highest BCUT2D eigenvalue weighted by Crippen LogP contribution is 2.26. The molecule has 0 spiro atoms. The Kier molecular flexibility index (Phi) is 4.39. The van der Waals surface area contributed by atoms with Crippen molar-refractivity contribution in [2.45, 2.75) is 26.7 Å². The quantitative estimate of drug-likeness (QED) is 0.699. The third-order valence-electron chi connectivity index (χ3n) is 2.90. The second-order valence-corrected chi connectivity index (χ2v) is 4.51. The van der Waals surface area contributed by atoms with Gasteiger partial charge in [-0.1, -0.05) is 13.8 Å². The maximum Gasteiger partial charge on any atom is 0.310 e. The number of hydrogen-bond acceptors (Lipinski definition) is 3.